The number of piperidine rings is 1. The molecule has 3 aromatic rings. The number of rotatable bonds is 4. The van der Waals surface area contributed by atoms with Gasteiger partial charge in [-0.2, -0.15) is 4.98 Å². The summed E-state index contributed by atoms with van der Waals surface area (Å²) >= 11 is 6.00. The van der Waals surface area contributed by atoms with Crippen LogP contribution >= 0.6 is 11.6 Å². The number of nitrogens with zero attached hydrogens (tertiary/aromatic N) is 3. The van der Waals surface area contributed by atoms with Crippen molar-refractivity contribution in [3.8, 4) is 0 Å². The molecule has 1 atom stereocenters. The summed E-state index contributed by atoms with van der Waals surface area (Å²) in [5, 5.41) is 3.46. The van der Waals surface area contributed by atoms with Gasteiger partial charge in [-0.1, -0.05) is 11.6 Å². The van der Waals surface area contributed by atoms with E-state index in [0.717, 1.165) is 19.4 Å². The third-order valence-electron chi connectivity index (χ3n) is 4.58. The Kier molecular flexibility index (Phi) is 4.81. The Morgan fingerprint density at radius 3 is 3.15 bits per heavy atom. The summed E-state index contributed by atoms with van der Waals surface area (Å²) in [6, 6.07) is 7.18. The molecule has 2 aromatic heterocycles. The van der Waals surface area contributed by atoms with Gasteiger partial charge in [-0.05, 0) is 31.0 Å². The summed E-state index contributed by atoms with van der Waals surface area (Å²) in [4.78, 5) is 36.8. The number of fused-ring (bicyclic) bond motifs is 1. The van der Waals surface area contributed by atoms with E-state index in [1.54, 1.807) is 18.2 Å². The van der Waals surface area contributed by atoms with Gasteiger partial charge in [-0.3, -0.25) is 9.59 Å². The Balaban J connectivity index is 1.42. The lowest BCUT2D eigenvalue weighted by molar-refractivity contribution is -0.125. The number of aromatic nitrogens is 3. The number of aromatic amines is 1. The number of carbonyl (C=O) groups excluding carboxylic acids is 1. The van der Waals surface area contributed by atoms with Crippen molar-refractivity contribution < 1.29 is 9.21 Å². The van der Waals surface area contributed by atoms with Gasteiger partial charge in [0.05, 0.1) is 24.5 Å². The number of nitrogens with one attached hydrogen (secondary N) is 2. The molecule has 3 heterocycles. The third kappa shape index (κ3) is 3.95. The topological polar surface area (TPSA) is 104 Å². The minimum Gasteiger partial charge on any atom is -0.423 e. The number of carbonyl (C=O) groups is 1. The fraction of sp³-hybridized carbons (Fsp3) is 0.333. The van der Waals surface area contributed by atoms with Crippen molar-refractivity contribution in [2.75, 3.05) is 18.0 Å². The van der Waals surface area contributed by atoms with Crippen LogP contribution in [-0.2, 0) is 11.3 Å². The van der Waals surface area contributed by atoms with E-state index in [2.05, 4.69) is 20.3 Å². The molecule has 0 saturated carbocycles. The molecule has 140 valence electrons. The van der Waals surface area contributed by atoms with Crippen molar-refractivity contribution >= 4 is 34.6 Å². The molecule has 4 rings (SSSR count). The maximum atomic E-state index is 12.5. The number of benzene rings is 1. The zero-order valence-corrected chi connectivity index (χ0v) is 15.2. The van der Waals surface area contributed by atoms with Crippen LogP contribution in [0.2, 0.25) is 5.02 Å². The summed E-state index contributed by atoms with van der Waals surface area (Å²) in [6.07, 6.45) is 2.98. The molecule has 2 N–H and O–H groups in total. The van der Waals surface area contributed by atoms with Crippen LogP contribution in [0.15, 0.2) is 39.8 Å². The number of halogens is 1. The predicted molar refractivity (Wildman–Crippen MR) is 101 cm³/mol. The van der Waals surface area contributed by atoms with Gasteiger partial charge in [-0.25, -0.2) is 4.98 Å². The molecule has 1 fully saturated rings. The van der Waals surface area contributed by atoms with Gasteiger partial charge in [0.2, 0.25) is 5.91 Å². The maximum Gasteiger partial charge on any atom is 0.298 e. The molecule has 0 bridgehead atoms. The summed E-state index contributed by atoms with van der Waals surface area (Å²) in [7, 11) is 0. The van der Waals surface area contributed by atoms with Gasteiger partial charge < -0.3 is 19.6 Å². The van der Waals surface area contributed by atoms with E-state index in [1.165, 1.54) is 12.4 Å². The molecule has 1 aromatic carbocycles. The summed E-state index contributed by atoms with van der Waals surface area (Å²) in [5.41, 5.74) is 1.65. The van der Waals surface area contributed by atoms with Gasteiger partial charge in [0.25, 0.3) is 11.6 Å². The van der Waals surface area contributed by atoms with Crippen molar-refractivity contribution in [2.24, 2.45) is 5.92 Å². The Morgan fingerprint density at radius 2 is 2.30 bits per heavy atom. The summed E-state index contributed by atoms with van der Waals surface area (Å²) in [6.45, 7) is 1.52. The van der Waals surface area contributed by atoms with E-state index < -0.39 is 0 Å². The molecule has 1 aliphatic rings. The highest BCUT2D eigenvalue weighted by atomic mass is 35.5. The molecule has 9 heteroatoms. The zero-order chi connectivity index (χ0) is 18.8. The van der Waals surface area contributed by atoms with Gasteiger partial charge in [-0.15, -0.1) is 0 Å². The molecular formula is C18H18ClN5O3. The summed E-state index contributed by atoms with van der Waals surface area (Å²) in [5.74, 6) is -0.250. The molecule has 1 saturated heterocycles. The highest BCUT2D eigenvalue weighted by Gasteiger charge is 2.28. The van der Waals surface area contributed by atoms with Crippen molar-refractivity contribution in [1.82, 2.24) is 20.3 Å². The SMILES string of the molecule is O=C(NCc1cc(=O)[nH]cn1)C1CCCN(c2nc3cc(Cl)ccc3o2)C1. The normalized spacial score (nSPS) is 17.2. The van der Waals surface area contributed by atoms with Crippen molar-refractivity contribution in [3.05, 3.63) is 51.7 Å². The average molecular weight is 388 g/mol. The van der Waals surface area contributed by atoms with Gasteiger partial charge in [0, 0.05) is 24.2 Å². The number of amides is 1. The van der Waals surface area contributed by atoms with E-state index in [9.17, 15) is 9.59 Å². The number of anilines is 1. The fourth-order valence-electron chi connectivity index (χ4n) is 3.22. The Morgan fingerprint density at radius 1 is 1.41 bits per heavy atom. The van der Waals surface area contributed by atoms with Gasteiger partial charge in [0.1, 0.15) is 5.52 Å². The maximum absolute atomic E-state index is 12.5. The van der Waals surface area contributed by atoms with E-state index in [4.69, 9.17) is 16.0 Å². The quantitative estimate of drug-likeness (QED) is 0.710. The Labute approximate surface area is 159 Å². The van der Waals surface area contributed by atoms with E-state index in [1.807, 2.05) is 4.90 Å². The first-order chi connectivity index (χ1) is 13.1. The highest BCUT2D eigenvalue weighted by Crippen LogP contribution is 2.28. The van der Waals surface area contributed by atoms with Crippen molar-refractivity contribution in [3.63, 3.8) is 0 Å². The largest absolute Gasteiger partial charge is 0.423 e. The van der Waals surface area contributed by atoms with E-state index in [-0.39, 0.29) is 23.9 Å². The second kappa shape index (κ2) is 7.40. The van der Waals surface area contributed by atoms with Gasteiger partial charge in [0.15, 0.2) is 5.58 Å². The Bertz CT molecular complexity index is 1030. The van der Waals surface area contributed by atoms with Crippen LogP contribution in [0.1, 0.15) is 18.5 Å². The number of oxazole rings is 1. The second-order valence-corrected chi connectivity index (χ2v) is 6.95. The highest BCUT2D eigenvalue weighted by molar-refractivity contribution is 6.31. The number of hydrogen-bond donors (Lipinski definition) is 2. The molecule has 0 spiro atoms. The van der Waals surface area contributed by atoms with E-state index >= 15 is 0 Å². The first kappa shape index (κ1) is 17.5. The van der Waals surface area contributed by atoms with Crippen LogP contribution in [0.5, 0.6) is 0 Å². The zero-order valence-electron chi connectivity index (χ0n) is 14.4. The molecule has 0 radical (unpaired) electrons. The second-order valence-electron chi connectivity index (χ2n) is 6.51. The molecule has 27 heavy (non-hydrogen) atoms. The van der Waals surface area contributed by atoms with Crippen LogP contribution in [0, 0.1) is 5.92 Å². The van der Waals surface area contributed by atoms with Crippen LogP contribution < -0.4 is 15.8 Å². The first-order valence-electron chi connectivity index (χ1n) is 8.71. The lowest BCUT2D eigenvalue weighted by Gasteiger charge is -2.30. The average Bonchev–Trinajstić information content (AvgIpc) is 3.09. The van der Waals surface area contributed by atoms with Crippen LogP contribution in [0.25, 0.3) is 11.1 Å². The van der Waals surface area contributed by atoms with Crippen molar-refractivity contribution in [2.45, 2.75) is 19.4 Å². The van der Waals surface area contributed by atoms with Gasteiger partial charge >= 0.3 is 0 Å². The number of H-pyrrole nitrogens is 1. The third-order valence-corrected chi connectivity index (χ3v) is 4.81. The molecule has 1 aliphatic heterocycles. The van der Waals surface area contributed by atoms with Crippen LogP contribution in [0.3, 0.4) is 0 Å². The van der Waals surface area contributed by atoms with Crippen LogP contribution in [-0.4, -0.2) is 33.9 Å². The van der Waals surface area contributed by atoms with E-state index in [0.29, 0.717) is 34.4 Å². The molecule has 0 aliphatic carbocycles. The molecule has 8 nitrogen and oxygen atoms in total. The molecular weight excluding hydrogens is 370 g/mol. The predicted octanol–water partition coefficient (Wildman–Crippen LogP) is 2.10. The minimum atomic E-state index is -0.242. The lowest BCUT2D eigenvalue weighted by atomic mass is 9.97. The fourth-order valence-corrected chi connectivity index (χ4v) is 3.38. The lowest BCUT2D eigenvalue weighted by Crippen LogP contribution is -2.43. The minimum absolute atomic E-state index is 0.0686. The van der Waals surface area contributed by atoms with Crippen molar-refractivity contribution in [1.29, 1.82) is 0 Å². The molecule has 1 unspecified atom stereocenters. The Hall–Kier alpha value is -2.87. The molecule has 1 amide bonds. The smallest absolute Gasteiger partial charge is 0.298 e. The van der Waals surface area contributed by atoms with Crippen LogP contribution in [0.4, 0.5) is 6.01 Å². The summed E-state index contributed by atoms with van der Waals surface area (Å²) < 4.78 is 5.81. The number of hydrogen-bond acceptors (Lipinski definition) is 6. The standard InChI is InChI=1S/C18H18ClN5O3/c19-12-3-4-15-14(6-12)23-18(27-15)24-5-1-2-11(9-24)17(26)20-8-13-7-16(25)22-10-21-13/h3-4,6-7,10-11H,1-2,5,8-9H2,(H,20,26)(H,21,22,25). The monoisotopic (exact) mass is 387 g/mol. The first-order valence-corrected chi connectivity index (χ1v) is 9.08.